The summed E-state index contributed by atoms with van der Waals surface area (Å²) >= 11 is 0. The van der Waals surface area contributed by atoms with Gasteiger partial charge in [0.1, 0.15) is 13.2 Å². The van der Waals surface area contributed by atoms with E-state index < -0.39 is 0 Å². The SMILES string of the molecule is Cl.FCC[C@@H](c1cccc2c1OCCO2)N1CCNCC1. The minimum atomic E-state index is -0.320. The van der Waals surface area contributed by atoms with E-state index in [2.05, 4.69) is 10.2 Å². The Balaban J connectivity index is 0.00000161. The molecule has 1 aromatic rings. The third kappa shape index (κ3) is 3.59. The molecule has 6 heteroatoms. The number of nitrogens with zero attached hydrogens (tertiary/aromatic N) is 1. The molecule has 0 saturated carbocycles. The normalized spacial score (nSPS) is 19.7. The van der Waals surface area contributed by atoms with Crippen LogP contribution in [0.3, 0.4) is 0 Å². The zero-order chi connectivity index (χ0) is 13.8. The molecule has 0 unspecified atom stereocenters. The van der Waals surface area contributed by atoms with E-state index in [9.17, 15) is 4.39 Å². The van der Waals surface area contributed by atoms with Gasteiger partial charge in [0.15, 0.2) is 11.5 Å². The van der Waals surface area contributed by atoms with Crippen molar-refractivity contribution in [3.63, 3.8) is 0 Å². The van der Waals surface area contributed by atoms with Gasteiger partial charge in [0.2, 0.25) is 0 Å². The van der Waals surface area contributed by atoms with E-state index in [0.717, 1.165) is 43.2 Å². The zero-order valence-corrected chi connectivity index (χ0v) is 12.8. The van der Waals surface area contributed by atoms with Gasteiger partial charge in [0.25, 0.3) is 0 Å². The number of hydrogen-bond acceptors (Lipinski definition) is 4. The lowest BCUT2D eigenvalue weighted by Gasteiger charge is -2.36. The van der Waals surface area contributed by atoms with Crippen molar-refractivity contribution in [2.24, 2.45) is 0 Å². The molecule has 2 heterocycles. The van der Waals surface area contributed by atoms with Crippen molar-refractivity contribution < 1.29 is 13.9 Å². The number of benzene rings is 1. The van der Waals surface area contributed by atoms with Gasteiger partial charge in [0.05, 0.1) is 6.67 Å². The van der Waals surface area contributed by atoms with Gasteiger partial charge < -0.3 is 14.8 Å². The largest absolute Gasteiger partial charge is 0.486 e. The molecule has 21 heavy (non-hydrogen) atoms. The molecule has 118 valence electrons. The first-order chi connectivity index (χ1) is 9.90. The molecule has 0 bridgehead atoms. The van der Waals surface area contributed by atoms with Crippen LogP contribution in [0, 0.1) is 0 Å². The number of halogens is 2. The summed E-state index contributed by atoms with van der Waals surface area (Å²) in [4.78, 5) is 2.34. The molecule has 1 aromatic carbocycles. The van der Waals surface area contributed by atoms with E-state index in [4.69, 9.17) is 9.47 Å². The third-order valence-electron chi connectivity index (χ3n) is 3.93. The number of ether oxygens (including phenoxy) is 2. The minimum Gasteiger partial charge on any atom is -0.486 e. The smallest absolute Gasteiger partial charge is 0.166 e. The van der Waals surface area contributed by atoms with Crippen LogP contribution in [0.1, 0.15) is 18.0 Å². The number of hydrogen-bond donors (Lipinski definition) is 1. The maximum atomic E-state index is 13.0. The molecule has 1 atom stereocenters. The first kappa shape index (κ1) is 16.3. The van der Waals surface area contributed by atoms with E-state index in [1.165, 1.54) is 0 Å². The van der Waals surface area contributed by atoms with Gasteiger partial charge in [-0.2, -0.15) is 0 Å². The van der Waals surface area contributed by atoms with Crippen molar-refractivity contribution in [3.8, 4) is 11.5 Å². The molecule has 0 spiro atoms. The van der Waals surface area contributed by atoms with Crippen molar-refractivity contribution in [1.29, 1.82) is 0 Å². The lowest BCUT2D eigenvalue weighted by molar-refractivity contribution is 0.140. The molecule has 2 aliphatic heterocycles. The summed E-state index contributed by atoms with van der Waals surface area (Å²) in [5.41, 5.74) is 1.06. The maximum absolute atomic E-state index is 13.0. The second-order valence-corrected chi connectivity index (χ2v) is 5.15. The molecular formula is C15H22ClFN2O2. The highest BCUT2D eigenvalue weighted by atomic mass is 35.5. The van der Waals surface area contributed by atoms with Gasteiger partial charge in [-0.25, -0.2) is 0 Å². The van der Waals surface area contributed by atoms with E-state index >= 15 is 0 Å². The number of rotatable bonds is 4. The van der Waals surface area contributed by atoms with Crippen LogP contribution in [0.15, 0.2) is 18.2 Å². The Morgan fingerprint density at radius 2 is 1.95 bits per heavy atom. The lowest BCUT2D eigenvalue weighted by atomic mass is 9.99. The van der Waals surface area contributed by atoms with Crippen LogP contribution in [0.5, 0.6) is 11.5 Å². The Morgan fingerprint density at radius 3 is 2.71 bits per heavy atom. The first-order valence-corrected chi connectivity index (χ1v) is 7.29. The molecule has 0 aromatic heterocycles. The molecular weight excluding hydrogens is 295 g/mol. The lowest BCUT2D eigenvalue weighted by Crippen LogP contribution is -2.45. The topological polar surface area (TPSA) is 33.7 Å². The summed E-state index contributed by atoms with van der Waals surface area (Å²) < 4.78 is 24.4. The van der Waals surface area contributed by atoms with Crippen molar-refractivity contribution in [2.45, 2.75) is 12.5 Å². The minimum absolute atomic E-state index is 0. The van der Waals surface area contributed by atoms with E-state index in [0.29, 0.717) is 19.6 Å². The number of alkyl halides is 1. The van der Waals surface area contributed by atoms with Crippen molar-refractivity contribution in [1.82, 2.24) is 10.2 Å². The number of nitrogens with one attached hydrogen (secondary N) is 1. The summed E-state index contributed by atoms with van der Waals surface area (Å²) in [7, 11) is 0. The van der Waals surface area contributed by atoms with Gasteiger partial charge in [-0.1, -0.05) is 12.1 Å². The summed E-state index contributed by atoms with van der Waals surface area (Å²) in [5, 5.41) is 3.33. The van der Waals surface area contributed by atoms with Gasteiger partial charge in [-0.15, -0.1) is 12.4 Å². The van der Waals surface area contributed by atoms with Gasteiger partial charge in [-0.3, -0.25) is 9.29 Å². The van der Waals surface area contributed by atoms with E-state index in [1.807, 2.05) is 18.2 Å². The van der Waals surface area contributed by atoms with Crippen molar-refractivity contribution >= 4 is 12.4 Å². The van der Waals surface area contributed by atoms with Crippen LogP contribution >= 0.6 is 12.4 Å². The molecule has 4 nitrogen and oxygen atoms in total. The Hall–Kier alpha value is -1.04. The summed E-state index contributed by atoms with van der Waals surface area (Å²) in [5.74, 6) is 1.59. The molecule has 0 amide bonds. The first-order valence-electron chi connectivity index (χ1n) is 7.29. The van der Waals surface area contributed by atoms with Gasteiger partial charge >= 0.3 is 0 Å². The number of piperazine rings is 1. The average molecular weight is 317 g/mol. The fourth-order valence-electron chi connectivity index (χ4n) is 2.99. The molecule has 0 radical (unpaired) electrons. The van der Waals surface area contributed by atoms with Gasteiger partial charge in [0, 0.05) is 37.8 Å². The van der Waals surface area contributed by atoms with Crippen LogP contribution in [0.25, 0.3) is 0 Å². The van der Waals surface area contributed by atoms with Crippen molar-refractivity contribution in [3.05, 3.63) is 23.8 Å². The molecule has 3 rings (SSSR count). The number of para-hydroxylation sites is 1. The predicted octanol–water partition coefficient (Wildman–Crippen LogP) is 2.19. The summed E-state index contributed by atoms with van der Waals surface area (Å²) in [6.07, 6.45) is 0.500. The zero-order valence-electron chi connectivity index (χ0n) is 12.0. The molecule has 1 N–H and O–H groups in total. The highest BCUT2D eigenvalue weighted by Gasteiger charge is 2.27. The van der Waals surface area contributed by atoms with E-state index in [1.54, 1.807) is 0 Å². The predicted molar refractivity (Wildman–Crippen MR) is 82.5 cm³/mol. The highest BCUT2D eigenvalue weighted by molar-refractivity contribution is 5.85. The maximum Gasteiger partial charge on any atom is 0.166 e. The average Bonchev–Trinajstić information content (AvgIpc) is 2.53. The van der Waals surface area contributed by atoms with Crippen LogP contribution in [-0.2, 0) is 0 Å². The van der Waals surface area contributed by atoms with E-state index in [-0.39, 0.29) is 25.1 Å². The Bertz CT molecular complexity index is 455. The quantitative estimate of drug-likeness (QED) is 0.923. The van der Waals surface area contributed by atoms with Crippen LogP contribution in [-0.4, -0.2) is 51.0 Å². The fraction of sp³-hybridized carbons (Fsp3) is 0.600. The van der Waals surface area contributed by atoms with Crippen LogP contribution < -0.4 is 14.8 Å². The summed E-state index contributed by atoms with van der Waals surface area (Å²) in [6, 6.07) is 5.99. The highest BCUT2D eigenvalue weighted by Crippen LogP contribution is 2.40. The molecule has 1 fully saturated rings. The standard InChI is InChI=1S/C15H21FN2O2.ClH/c16-5-4-13(18-8-6-17-7-9-18)12-2-1-3-14-15(12)20-11-10-19-14;/h1-3,13,17H,4-11H2;1H/t13-;/m0./s1. The monoisotopic (exact) mass is 316 g/mol. The molecule has 1 saturated heterocycles. The second-order valence-electron chi connectivity index (χ2n) is 5.15. The second kappa shape index (κ2) is 7.82. The van der Waals surface area contributed by atoms with Crippen molar-refractivity contribution in [2.75, 3.05) is 46.1 Å². The van der Waals surface area contributed by atoms with Crippen LogP contribution in [0.2, 0.25) is 0 Å². The Kier molecular flexibility index (Phi) is 6.08. The number of fused-ring (bicyclic) bond motifs is 1. The third-order valence-corrected chi connectivity index (χ3v) is 3.93. The Morgan fingerprint density at radius 1 is 1.19 bits per heavy atom. The molecule has 2 aliphatic rings. The van der Waals surface area contributed by atoms with Crippen LogP contribution in [0.4, 0.5) is 4.39 Å². The molecule has 0 aliphatic carbocycles. The Labute approximate surface area is 131 Å². The fourth-order valence-corrected chi connectivity index (χ4v) is 2.99. The van der Waals surface area contributed by atoms with Gasteiger partial charge in [-0.05, 0) is 12.5 Å². The summed E-state index contributed by atoms with van der Waals surface area (Å²) in [6.45, 7) is 4.61.